The van der Waals surface area contributed by atoms with Gasteiger partial charge in [0.1, 0.15) is 0 Å². The fourth-order valence-corrected chi connectivity index (χ4v) is 2.42. The highest BCUT2D eigenvalue weighted by atomic mass is 16.3. The Bertz CT molecular complexity index is 339. The molecule has 3 nitrogen and oxygen atoms in total. The molecule has 0 spiro atoms. The van der Waals surface area contributed by atoms with Crippen LogP contribution in [0, 0.1) is 5.92 Å². The standard InChI is InChI=1S/C12H19NO2/c1-3-4-5-13-11(14)9-6-8(2)7-10(9)12(13)15/h8,14-15H,3-7H2,1-2H3. The van der Waals surface area contributed by atoms with Crippen molar-refractivity contribution in [3.05, 3.63) is 11.1 Å². The summed E-state index contributed by atoms with van der Waals surface area (Å²) in [7, 11) is 0. The molecular weight excluding hydrogens is 190 g/mol. The maximum atomic E-state index is 9.98. The number of aromatic nitrogens is 1. The van der Waals surface area contributed by atoms with Crippen molar-refractivity contribution < 1.29 is 10.2 Å². The van der Waals surface area contributed by atoms with Crippen molar-refractivity contribution in [3.8, 4) is 11.8 Å². The Labute approximate surface area is 90.4 Å². The molecule has 0 fully saturated rings. The number of hydrogen-bond donors (Lipinski definition) is 2. The maximum Gasteiger partial charge on any atom is 0.197 e. The van der Waals surface area contributed by atoms with Gasteiger partial charge in [0, 0.05) is 17.7 Å². The van der Waals surface area contributed by atoms with Crippen molar-refractivity contribution in [1.82, 2.24) is 4.57 Å². The lowest BCUT2D eigenvalue weighted by Gasteiger charge is -2.08. The van der Waals surface area contributed by atoms with Gasteiger partial charge in [-0.25, -0.2) is 0 Å². The molecule has 0 bridgehead atoms. The predicted molar refractivity (Wildman–Crippen MR) is 59.2 cm³/mol. The number of aromatic hydroxyl groups is 2. The SMILES string of the molecule is CCCCn1c(O)c2c(c1O)CC(C)C2. The van der Waals surface area contributed by atoms with E-state index in [0.29, 0.717) is 17.7 Å². The molecule has 0 amide bonds. The Morgan fingerprint density at radius 1 is 1.20 bits per heavy atom. The van der Waals surface area contributed by atoms with Gasteiger partial charge in [0.2, 0.25) is 0 Å². The third kappa shape index (κ3) is 1.60. The summed E-state index contributed by atoms with van der Waals surface area (Å²) >= 11 is 0. The molecule has 1 aliphatic carbocycles. The van der Waals surface area contributed by atoms with Crippen molar-refractivity contribution >= 4 is 0 Å². The van der Waals surface area contributed by atoms with Crippen LogP contribution in [0.15, 0.2) is 0 Å². The molecule has 0 aromatic carbocycles. The van der Waals surface area contributed by atoms with Gasteiger partial charge < -0.3 is 10.2 Å². The first-order valence-corrected chi connectivity index (χ1v) is 5.77. The van der Waals surface area contributed by atoms with E-state index in [4.69, 9.17) is 0 Å². The Balaban J connectivity index is 2.31. The fraction of sp³-hybridized carbons (Fsp3) is 0.667. The minimum atomic E-state index is 0.292. The first kappa shape index (κ1) is 10.4. The van der Waals surface area contributed by atoms with Gasteiger partial charge in [-0.1, -0.05) is 20.3 Å². The molecule has 1 heterocycles. The topological polar surface area (TPSA) is 45.4 Å². The molecule has 15 heavy (non-hydrogen) atoms. The quantitative estimate of drug-likeness (QED) is 0.803. The molecule has 2 rings (SSSR count). The summed E-state index contributed by atoms with van der Waals surface area (Å²) in [6, 6.07) is 0. The minimum Gasteiger partial charge on any atom is -0.494 e. The highest BCUT2D eigenvalue weighted by Crippen LogP contribution is 2.41. The Morgan fingerprint density at radius 3 is 2.20 bits per heavy atom. The van der Waals surface area contributed by atoms with Crippen molar-refractivity contribution in [3.63, 3.8) is 0 Å². The van der Waals surface area contributed by atoms with Crippen LogP contribution in [0.5, 0.6) is 11.8 Å². The molecular formula is C12H19NO2. The van der Waals surface area contributed by atoms with Gasteiger partial charge in [0.25, 0.3) is 0 Å². The van der Waals surface area contributed by atoms with Crippen LogP contribution in [-0.4, -0.2) is 14.8 Å². The van der Waals surface area contributed by atoms with E-state index in [1.54, 1.807) is 4.57 Å². The summed E-state index contributed by atoms with van der Waals surface area (Å²) in [6.07, 6.45) is 3.85. The smallest absolute Gasteiger partial charge is 0.197 e. The van der Waals surface area contributed by atoms with Gasteiger partial charge in [-0.05, 0) is 25.2 Å². The van der Waals surface area contributed by atoms with Gasteiger partial charge in [-0.15, -0.1) is 0 Å². The highest BCUT2D eigenvalue weighted by Gasteiger charge is 2.29. The van der Waals surface area contributed by atoms with Crippen LogP contribution in [0.3, 0.4) is 0 Å². The summed E-state index contributed by atoms with van der Waals surface area (Å²) in [5.41, 5.74) is 1.94. The largest absolute Gasteiger partial charge is 0.494 e. The molecule has 0 saturated heterocycles. The number of nitrogens with zero attached hydrogens (tertiary/aromatic N) is 1. The molecule has 2 N–H and O–H groups in total. The van der Waals surface area contributed by atoms with Crippen molar-refractivity contribution in [2.24, 2.45) is 5.92 Å². The number of rotatable bonds is 3. The molecule has 0 atom stereocenters. The van der Waals surface area contributed by atoms with Gasteiger partial charge >= 0.3 is 0 Å². The number of hydrogen-bond acceptors (Lipinski definition) is 2. The molecule has 0 radical (unpaired) electrons. The second kappa shape index (κ2) is 3.80. The predicted octanol–water partition coefficient (Wildman–Crippen LogP) is 2.43. The van der Waals surface area contributed by atoms with Crippen molar-refractivity contribution in [2.45, 2.75) is 46.1 Å². The normalized spacial score (nSPS) is 15.9. The van der Waals surface area contributed by atoms with E-state index in [1.165, 1.54) is 0 Å². The van der Waals surface area contributed by atoms with Crippen LogP contribution in [0.25, 0.3) is 0 Å². The molecule has 0 saturated carbocycles. The summed E-state index contributed by atoms with van der Waals surface area (Å²) in [4.78, 5) is 0. The first-order valence-electron chi connectivity index (χ1n) is 5.77. The van der Waals surface area contributed by atoms with Crippen LogP contribution in [0.2, 0.25) is 0 Å². The summed E-state index contributed by atoms with van der Waals surface area (Å²) in [5, 5.41) is 20.0. The highest BCUT2D eigenvalue weighted by molar-refractivity contribution is 5.48. The van der Waals surface area contributed by atoms with Gasteiger partial charge in [-0.2, -0.15) is 0 Å². The summed E-state index contributed by atoms with van der Waals surface area (Å²) < 4.78 is 1.65. The average Bonchev–Trinajstić information content (AvgIpc) is 2.67. The fourth-order valence-electron chi connectivity index (χ4n) is 2.42. The van der Waals surface area contributed by atoms with E-state index in [9.17, 15) is 10.2 Å². The van der Waals surface area contributed by atoms with E-state index in [2.05, 4.69) is 13.8 Å². The lowest BCUT2D eigenvalue weighted by Crippen LogP contribution is -2.00. The second-order valence-electron chi connectivity index (χ2n) is 4.62. The second-order valence-corrected chi connectivity index (χ2v) is 4.62. The summed E-state index contributed by atoms with van der Waals surface area (Å²) in [5.74, 6) is 1.13. The Morgan fingerprint density at radius 2 is 1.73 bits per heavy atom. The third-order valence-corrected chi connectivity index (χ3v) is 3.26. The number of fused-ring (bicyclic) bond motifs is 1. The lowest BCUT2D eigenvalue weighted by atomic mass is 10.1. The molecule has 0 aliphatic heterocycles. The van der Waals surface area contributed by atoms with Crippen LogP contribution >= 0.6 is 0 Å². The zero-order valence-electron chi connectivity index (χ0n) is 9.45. The average molecular weight is 209 g/mol. The van der Waals surface area contributed by atoms with Crippen molar-refractivity contribution in [2.75, 3.05) is 0 Å². The monoisotopic (exact) mass is 209 g/mol. The van der Waals surface area contributed by atoms with Crippen LogP contribution in [0.4, 0.5) is 0 Å². The maximum absolute atomic E-state index is 9.98. The van der Waals surface area contributed by atoms with Crippen LogP contribution in [0.1, 0.15) is 37.8 Å². The zero-order chi connectivity index (χ0) is 11.0. The van der Waals surface area contributed by atoms with Crippen LogP contribution in [-0.2, 0) is 19.4 Å². The van der Waals surface area contributed by atoms with Crippen molar-refractivity contribution in [1.29, 1.82) is 0 Å². The van der Waals surface area contributed by atoms with E-state index >= 15 is 0 Å². The van der Waals surface area contributed by atoms with Gasteiger partial charge in [0.15, 0.2) is 11.8 Å². The molecule has 1 aliphatic rings. The molecule has 84 valence electrons. The first-order chi connectivity index (χ1) is 7.15. The van der Waals surface area contributed by atoms with E-state index in [1.807, 2.05) is 0 Å². The minimum absolute atomic E-state index is 0.292. The number of unbranched alkanes of at least 4 members (excludes halogenated alkanes) is 1. The lowest BCUT2D eigenvalue weighted by molar-refractivity contribution is 0.356. The van der Waals surface area contributed by atoms with E-state index in [-0.39, 0.29) is 0 Å². The molecule has 1 aromatic heterocycles. The van der Waals surface area contributed by atoms with Gasteiger partial charge in [-0.3, -0.25) is 4.57 Å². The Kier molecular flexibility index (Phi) is 2.63. The molecule has 1 aromatic rings. The zero-order valence-corrected chi connectivity index (χ0v) is 9.45. The molecule has 3 heteroatoms. The van der Waals surface area contributed by atoms with Gasteiger partial charge in [0.05, 0.1) is 0 Å². The third-order valence-electron chi connectivity index (χ3n) is 3.26. The Hall–Kier alpha value is -1.12. The van der Waals surface area contributed by atoms with E-state index in [0.717, 1.165) is 43.4 Å². The summed E-state index contributed by atoms with van der Waals surface area (Å²) in [6.45, 7) is 4.97. The van der Waals surface area contributed by atoms with Crippen LogP contribution < -0.4 is 0 Å². The van der Waals surface area contributed by atoms with E-state index < -0.39 is 0 Å². The molecule has 0 unspecified atom stereocenters.